The molecule has 10 nitrogen and oxygen atoms in total. The zero-order valence-electron chi connectivity index (χ0n) is 24.9. The van der Waals surface area contributed by atoms with Crippen LogP contribution in [0.2, 0.25) is 0 Å². The molecule has 5 aliphatic rings. The van der Waals surface area contributed by atoms with Gasteiger partial charge in [-0.3, -0.25) is 4.79 Å². The molecule has 2 saturated heterocycles. The molecule has 1 amide bonds. The number of carbonyl (C=O) groups excluding carboxylic acids is 3. The van der Waals surface area contributed by atoms with Gasteiger partial charge in [-0.25, -0.2) is 14.2 Å². The molecular weight excluding hydrogens is 548 g/mol. The Bertz CT molecular complexity index is 1580. The summed E-state index contributed by atoms with van der Waals surface area (Å²) < 4.78 is 13.2. The molecule has 0 bridgehead atoms. The first-order chi connectivity index (χ1) is 20.8. The molecule has 5 heterocycles. The number of likely N-dealkylation sites (tertiary alicyclic amines) is 2. The molecule has 1 unspecified atom stereocenters. The maximum atomic E-state index is 13.6. The first kappa shape index (κ1) is 28.2. The molecule has 2 fully saturated rings. The van der Waals surface area contributed by atoms with Crippen molar-refractivity contribution in [2.24, 2.45) is 5.92 Å². The van der Waals surface area contributed by atoms with Crippen LogP contribution in [0.3, 0.4) is 0 Å². The summed E-state index contributed by atoms with van der Waals surface area (Å²) in [4.78, 5) is 48.6. The Morgan fingerprint density at radius 2 is 1.91 bits per heavy atom. The summed E-state index contributed by atoms with van der Waals surface area (Å²) in [5, 5.41) is 12.0. The highest BCUT2D eigenvalue weighted by Crippen LogP contribution is 2.42. The standard InChI is InChI=1S/C33H39N4O6/c1-3-21-23-17-37-18-24-22(16-26-25(29(24)38)19-42-31(39)33(26,41)4-2)30(37)34-27(23)8-9-28(21)43-32(40)36-14-10-20(11-15-36)35-12-6-5-7-13-35/h8-9,16-17,20,24,41H,3-7,10-15,18-19H2,1-2H3/q+1/t24?,33-/m0/s1. The fraction of sp³-hybridized carbons (Fsp3) is 0.545. The monoisotopic (exact) mass is 587 g/mol. The van der Waals surface area contributed by atoms with Crippen molar-refractivity contribution in [3.05, 3.63) is 46.9 Å². The van der Waals surface area contributed by atoms with E-state index in [2.05, 4.69) is 4.90 Å². The van der Waals surface area contributed by atoms with Crippen LogP contribution >= 0.6 is 0 Å². The average molecular weight is 588 g/mol. The van der Waals surface area contributed by atoms with Gasteiger partial charge in [0.05, 0.1) is 16.9 Å². The Hall–Kier alpha value is -3.63. The molecule has 1 aromatic heterocycles. The lowest BCUT2D eigenvalue weighted by atomic mass is 9.75. The third kappa shape index (κ3) is 4.57. The van der Waals surface area contributed by atoms with E-state index < -0.39 is 17.5 Å². The number of ether oxygens (including phenoxy) is 2. The molecule has 2 aromatic rings. The van der Waals surface area contributed by atoms with Gasteiger partial charge in [0.1, 0.15) is 25.1 Å². The van der Waals surface area contributed by atoms with Gasteiger partial charge in [-0.15, -0.1) is 0 Å². The second-order valence-electron chi connectivity index (χ2n) is 12.4. The number of nitrogens with zero attached hydrogens (tertiary/aromatic N) is 4. The normalized spacial score (nSPS) is 26.2. The number of ketones is 1. The van der Waals surface area contributed by atoms with E-state index >= 15 is 0 Å². The number of cyclic esters (lactones) is 1. The lowest BCUT2D eigenvalue weighted by Crippen LogP contribution is -2.48. The van der Waals surface area contributed by atoms with E-state index in [0.29, 0.717) is 60.4 Å². The van der Waals surface area contributed by atoms with Crippen molar-refractivity contribution < 1.29 is 33.5 Å². The summed E-state index contributed by atoms with van der Waals surface area (Å²) in [6, 6.07) is 4.21. The summed E-state index contributed by atoms with van der Waals surface area (Å²) in [6.45, 7) is 7.74. The minimum absolute atomic E-state index is 0.107. The van der Waals surface area contributed by atoms with Crippen LogP contribution in [0, 0.1) is 5.92 Å². The molecule has 0 radical (unpaired) electrons. The Morgan fingerprint density at radius 1 is 1.14 bits per heavy atom. The summed E-state index contributed by atoms with van der Waals surface area (Å²) in [5.74, 6) is -0.160. The van der Waals surface area contributed by atoms with E-state index in [-0.39, 0.29) is 24.9 Å². The quantitative estimate of drug-likeness (QED) is 0.429. The number of fused-ring (bicyclic) bond motifs is 4. The number of aryl methyl sites for hydroxylation is 1. The Labute approximate surface area is 251 Å². The third-order valence-corrected chi connectivity index (χ3v) is 10.1. The predicted octanol–water partition coefficient (Wildman–Crippen LogP) is 3.12. The SMILES string of the molecule is CCc1c(OC(=O)N2CCC(N3CCCCC3)CC2)ccc2nc3[n+](cc12)CC1C(=O)C2=C(C=C31)[C@@](O)(CC)C(=O)OC2. The van der Waals surface area contributed by atoms with Crippen molar-refractivity contribution in [1.29, 1.82) is 0 Å². The third-order valence-electron chi connectivity index (χ3n) is 10.1. The van der Waals surface area contributed by atoms with Gasteiger partial charge in [0.15, 0.2) is 16.9 Å². The second-order valence-corrected chi connectivity index (χ2v) is 12.4. The van der Waals surface area contributed by atoms with E-state index in [9.17, 15) is 19.5 Å². The lowest BCUT2D eigenvalue weighted by molar-refractivity contribution is -0.693. The van der Waals surface area contributed by atoms with E-state index in [1.165, 1.54) is 32.4 Å². The second kappa shape index (κ2) is 10.8. The van der Waals surface area contributed by atoms with Crippen molar-refractivity contribution in [3.8, 4) is 5.75 Å². The number of hydrogen-bond donors (Lipinski definition) is 1. The van der Waals surface area contributed by atoms with Crippen molar-refractivity contribution in [2.75, 3.05) is 32.8 Å². The minimum atomic E-state index is -1.84. The Balaban J connectivity index is 1.14. The van der Waals surface area contributed by atoms with Crippen LogP contribution in [0.5, 0.6) is 5.75 Å². The predicted molar refractivity (Wildman–Crippen MR) is 157 cm³/mol. The number of piperidine rings is 2. The fourth-order valence-electron chi connectivity index (χ4n) is 7.60. The summed E-state index contributed by atoms with van der Waals surface area (Å²) in [6.07, 6.45) is 10.0. The van der Waals surface area contributed by atoms with Gasteiger partial charge in [0.2, 0.25) is 0 Å². The summed E-state index contributed by atoms with van der Waals surface area (Å²) in [5.41, 5.74) is 1.17. The van der Waals surface area contributed by atoms with Crippen LogP contribution in [0.15, 0.2) is 35.6 Å². The zero-order valence-corrected chi connectivity index (χ0v) is 24.9. The van der Waals surface area contributed by atoms with Crippen LogP contribution in [0.25, 0.3) is 16.5 Å². The Kier molecular flexibility index (Phi) is 7.09. The number of hydrogen-bond acceptors (Lipinski definition) is 8. The van der Waals surface area contributed by atoms with Crippen LogP contribution in [-0.2, 0) is 27.3 Å². The number of benzene rings is 1. The first-order valence-corrected chi connectivity index (χ1v) is 15.8. The van der Waals surface area contributed by atoms with Gasteiger partial charge in [0.25, 0.3) is 0 Å². The first-order valence-electron chi connectivity index (χ1n) is 15.8. The fourth-order valence-corrected chi connectivity index (χ4v) is 7.60. The van der Waals surface area contributed by atoms with Gasteiger partial charge in [0, 0.05) is 35.8 Å². The van der Waals surface area contributed by atoms with Crippen molar-refractivity contribution >= 4 is 34.3 Å². The topological polar surface area (TPSA) is 113 Å². The number of rotatable bonds is 4. The van der Waals surface area contributed by atoms with Crippen molar-refractivity contribution in [1.82, 2.24) is 14.8 Å². The van der Waals surface area contributed by atoms with Gasteiger partial charge in [-0.05, 0) is 74.8 Å². The molecule has 4 aliphatic heterocycles. The molecule has 43 heavy (non-hydrogen) atoms. The summed E-state index contributed by atoms with van der Waals surface area (Å²) in [7, 11) is 0. The number of allylic oxidation sites excluding steroid dienone is 1. The number of Topliss-reactive ketones (excluding diaryl/α,β-unsaturated/α-hetero) is 1. The molecule has 0 saturated carbocycles. The molecule has 7 rings (SSSR count). The van der Waals surface area contributed by atoms with Gasteiger partial charge in [-0.2, -0.15) is 0 Å². The van der Waals surface area contributed by atoms with Gasteiger partial charge < -0.3 is 24.4 Å². The molecular formula is C33H39N4O6+. The van der Waals surface area contributed by atoms with E-state index in [1.807, 2.05) is 34.7 Å². The van der Waals surface area contributed by atoms with Crippen molar-refractivity contribution in [2.45, 2.75) is 77.0 Å². The highest BCUT2D eigenvalue weighted by Gasteiger charge is 2.52. The smallest absolute Gasteiger partial charge is 0.415 e. The largest absolute Gasteiger partial charge is 0.458 e. The molecule has 1 aromatic carbocycles. The molecule has 0 spiro atoms. The van der Waals surface area contributed by atoms with Crippen LogP contribution in [0.1, 0.15) is 63.8 Å². The lowest BCUT2D eigenvalue weighted by Gasteiger charge is -2.39. The number of carbonyl (C=O) groups is 3. The van der Waals surface area contributed by atoms with Crippen molar-refractivity contribution in [3.63, 3.8) is 0 Å². The minimum Gasteiger partial charge on any atom is -0.458 e. The molecule has 2 atom stereocenters. The van der Waals surface area contributed by atoms with E-state index in [0.717, 1.165) is 29.3 Å². The summed E-state index contributed by atoms with van der Waals surface area (Å²) >= 11 is 0. The number of aromatic nitrogens is 2. The van der Waals surface area contributed by atoms with E-state index in [1.54, 1.807) is 13.0 Å². The van der Waals surface area contributed by atoms with Gasteiger partial charge in [-0.1, -0.05) is 20.3 Å². The van der Waals surface area contributed by atoms with Gasteiger partial charge >= 0.3 is 17.9 Å². The number of amides is 1. The van der Waals surface area contributed by atoms with Crippen LogP contribution in [-0.4, -0.2) is 82.2 Å². The van der Waals surface area contributed by atoms with Crippen LogP contribution < -0.4 is 9.30 Å². The zero-order chi connectivity index (χ0) is 29.9. The maximum absolute atomic E-state index is 13.6. The Morgan fingerprint density at radius 3 is 2.63 bits per heavy atom. The molecule has 10 heteroatoms. The average Bonchev–Trinajstić information content (AvgIpc) is 3.40. The maximum Gasteiger partial charge on any atom is 0.415 e. The van der Waals surface area contributed by atoms with Crippen LogP contribution in [0.4, 0.5) is 4.79 Å². The number of esters is 1. The molecule has 1 N–H and O–H groups in total. The molecule has 226 valence electrons. The number of aliphatic hydroxyl groups is 1. The molecule has 1 aliphatic carbocycles. The highest BCUT2D eigenvalue weighted by atomic mass is 16.6. The van der Waals surface area contributed by atoms with E-state index in [4.69, 9.17) is 14.5 Å². The highest BCUT2D eigenvalue weighted by molar-refractivity contribution is 6.10.